The van der Waals surface area contributed by atoms with Crippen LogP contribution in [0.1, 0.15) is 31.7 Å². The van der Waals surface area contributed by atoms with E-state index in [4.69, 9.17) is 4.74 Å². The lowest BCUT2D eigenvalue weighted by Gasteiger charge is -2.19. The van der Waals surface area contributed by atoms with E-state index >= 15 is 0 Å². The van der Waals surface area contributed by atoms with Gasteiger partial charge in [-0.1, -0.05) is 35.9 Å². The predicted octanol–water partition coefficient (Wildman–Crippen LogP) is 3.80. The van der Waals surface area contributed by atoms with E-state index in [-0.39, 0.29) is 48.3 Å². The second-order valence-electron chi connectivity index (χ2n) is 9.33. The SMILES string of the molecule is CC1=CC[C@@H]2C(=O)N(c3cccc(OC(=O)[C@H]4CC(=O)N(c5ccccc5C)C4)c3)C(=O)[C@@H]2C1. The van der Waals surface area contributed by atoms with E-state index in [1.54, 1.807) is 29.2 Å². The van der Waals surface area contributed by atoms with Crippen LogP contribution < -0.4 is 14.5 Å². The number of hydrogen-bond acceptors (Lipinski definition) is 5. The molecule has 2 heterocycles. The van der Waals surface area contributed by atoms with Gasteiger partial charge >= 0.3 is 5.97 Å². The van der Waals surface area contributed by atoms with E-state index in [1.807, 2.05) is 44.2 Å². The number of fused-ring (bicyclic) bond motifs is 1. The van der Waals surface area contributed by atoms with Crippen molar-refractivity contribution >= 4 is 35.1 Å². The number of benzene rings is 2. The van der Waals surface area contributed by atoms with Crippen molar-refractivity contribution in [3.63, 3.8) is 0 Å². The fourth-order valence-corrected chi connectivity index (χ4v) is 5.14. The number of imide groups is 1. The van der Waals surface area contributed by atoms with Crippen LogP contribution in [0.2, 0.25) is 0 Å². The second kappa shape index (κ2) is 8.56. The van der Waals surface area contributed by atoms with Gasteiger partial charge in [-0.3, -0.25) is 19.2 Å². The van der Waals surface area contributed by atoms with E-state index in [0.29, 0.717) is 18.5 Å². The number of para-hydroxylation sites is 1. The molecule has 0 radical (unpaired) electrons. The molecule has 2 aliphatic heterocycles. The third-order valence-electron chi connectivity index (χ3n) is 6.98. The molecule has 174 valence electrons. The van der Waals surface area contributed by atoms with Gasteiger partial charge in [0.1, 0.15) is 5.75 Å². The van der Waals surface area contributed by atoms with E-state index in [1.165, 1.54) is 4.90 Å². The van der Waals surface area contributed by atoms with Crippen molar-refractivity contribution in [3.05, 3.63) is 65.7 Å². The minimum Gasteiger partial charge on any atom is -0.426 e. The zero-order chi connectivity index (χ0) is 24.0. The summed E-state index contributed by atoms with van der Waals surface area (Å²) in [5.41, 5.74) is 3.28. The van der Waals surface area contributed by atoms with Crippen molar-refractivity contribution in [2.45, 2.75) is 33.1 Å². The van der Waals surface area contributed by atoms with Gasteiger partial charge in [0.05, 0.1) is 23.4 Å². The lowest BCUT2D eigenvalue weighted by Crippen LogP contribution is -2.31. The summed E-state index contributed by atoms with van der Waals surface area (Å²) >= 11 is 0. The average Bonchev–Trinajstić information content (AvgIpc) is 3.31. The molecule has 3 atom stereocenters. The monoisotopic (exact) mass is 458 g/mol. The van der Waals surface area contributed by atoms with E-state index in [2.05, 4.69) is 0 Å². The van der Waals surface area contributed by atoms with Crippen LogP contribution in [0.25, 0.3) is 0 Å². The minimum atomic E-state index is -0.595. The van der Waals surface area contributed by atoms with Gasteiger partial charge < -0.3 is 9.64 Å². The third-order valence-corrected chi connectivity index (χ3v) is 6.98. The molecule has 2 aromatic carbocycles. The predicted molar refractivity (Wildman–Crippen MR) is 126 cm³/mol. The first kappa shape index (κ1) is 22.1. The van der Waals surface area contributed by atoms with Crippen LogP contribution in [0, 0.1) is 24.7 Å². The smallest absolute Gasteiger partial charge is 0.316 e. The molecule has 2 aromatic rings. The van der Waals surface area contributed by atoms with E-state index in [9.17, 15) is 19.2 Å². The molecule has 3 aliphatic rings. The van der Waals surface area contributed by atoms with Crippen molar-refractivity contribution in [1.29, 1.82) is 0 Å². The molecule has 2 fully saturated rings. The fraction of sp³-hybridized carbons (Fsp3) is 0.333. The summed E-state index contributed by atoms with van der Waals surface area (Å²) < 4.78 is 5.59. The third kappa shape index (κ3) is 3.81. The van der Waals surface area contributed by atoms with Crippen molar-refractivity contribution in [3.8, 4) is 5.75 Å². The highest BCUT2D eigenvalue weighted by Gasteiger charge is 2.48. The lowest BCUT2D eigenvalue weighted by atomic mass is 9.82. The number of anilines is 2. The lowest BCUT2D eigenvalue weighted by molar-refractivity contribution is -0.139. The molecular weight excluding hydrogens is 432 g/mol. The van der Waals surface area contributed by atoms with Crippen molar-refractivity contribution in [1.82, 2.24) is 0 Å². The van der Waals surface area contributed by atoms with Gasteiger partial charge in [0.25, 0.3) is 0 Å². The first-order chi connectivity index (χ1) is 16.3. The molecule has 7 nitrogen and oxygen atoms in total. The molecule has 0 saturated carbocycles. The summed E-state index contributed by atoms with van der Waals surface area (Å²) in [6.07, 6.45) is 3.26. The summed E-state index contributed by atoms with van der Waals surface area (Å²) in [5.74, 6) is -2.06. The zero-order valence-corrected chi connectivity index (χ0v) is 19.2. The summed E-state index contributed by atoms with van der Waals surface area (Å²) in [6.45, 7) is 4.15. The molecule has 5 rings (SSSR count). The zero-order valence-electron chi connectivity index (χ0n) is 19.2. The number of rotatable bonds is 4. The normalized spacial score (nSPS) is 24.4. The quantitative estimate of drug-likeness (QED) is 0.301. The van der Waals surface area contributed by atoms with Gasteiger partial charge in [-0.25, -0.2) is 4.90 Å². The Kier molecular flexibility index (Phi) is 5.55. The molecule has 2 saturated heterocycles. The highest BCUT2D eigenvalue weighted by atomic mass is 16.5. The molecule has 0 unspecified atom stereocenters. The maximum Gasteiger partial charge on any atom is 0.316 e. The number of carbonyl (C=O) groups excluding carboxylic acids is 4. The largest absolute Gasteiger partial charge is 0.426 e. The Morgan fingerprint density at radius 1 is 0.941 bits per heavy atom. The molecule has 0 aromatic heterocycles. The van der Waals surface area contributed by atoms with Crippen molar-refractivity contribution in [2.75, 3.05) is 16.3 Å². The molecule has 0 spiro atoms. The van der Waals surface area contributed by atoms with Crippen LogP contribution in [0.4, 0.5) is 11.4 Å². The second-order valence-corrected chi connectivity index (χ2v) is 9.33. The maximum atomic E-state index is 13.0. The molecule has 34 heavy (non-hydrogen) atoms. The van der Waals surface area contributed by atoms with Crippen LogP contribution in [0.3, 0.4) is 0 Å². The fourth-order valence-electron chi connectivity index (χ4n) is 5.14. The Labute approximate surface area is 198 Å². The van der Waals surface area contributed by atoms with Gasteiger partial charge in [-0.05, 0) is 50.5 Å². The van der Waals surface area contributed by atoms with Gasteiger partial charge in [-0.2, -0.15) is 0 Å². The number of carbonyl (C=O) groups is 4. The van der Waals surface area contributed by atoms with Gasteiger partial charge in [0, 0.05) is 24.7 Å². The number of hydrogen-bond donors (Lipinski definition) is 0. The molecule has 1 aliphatic carbocycles. The molecule has 0 bridgehead atoms. The molecule has 7 heteroatoms. The Bertz CT molecular complexity index is 1230. The maximum absolute atomic E-state index is 13.0. The number of esters is 1. The first-order valence-corrected chi connectivity index (χ1v) is 11.5. The Balaban J connectivity index is 1.30. The Hall–Kier alpha value is -3.74. The number of nitrogens with zero attached hydrogens (tertiary/aromatic N) is 2. The van der Waals surface area contributed by atoms with Crippen LogP contribution in [-0.4, -0.2) is 30.2 Å². The van der Waals surface area contributed by atoms with Crippen molar-refractivity contribution < 1.29 is 23.9 Å². The topological polar surface area (TPSA) is 84.0 Å². The van der Waals surface area contributed by atoms with E-state index in [0.717, 1.165) is 16.8 Å². The van der Waals surface area contributed by atoms with E-state index < -0.39 is 11.9 Å². The number of ether oxygens (including phenoxy) is 1. The van der Waals surface area contributed by atoms with Gasteiger partial charge in [0.15, 0.2) is 0 Å². The standard InChI is InChI=1S/C27H26N2O5/c1-16-10-11-21-22(12-16)26(32)29(25(21)31)19-7-5-8-20(14-19)34-27(33)18-13-24(30)28(15-18)23-9-4-3-6-17(23)2/h3-10,14,18,21-22H,11-13,15H2,1-2H3/t18-,21-,22+/m0/s1. The molecular formula is C27H26N2O5. The summed E-state index contributed by atoms with van der Waals surface area (Å²) in [7, 11) is 0. The number of allylic oxidation sites excluding steroid dienone is 2. The molecule has 0 N–H and O–H groups in total. The summed E-state index contributed by atoms with van der Waals surface area (Å²) in [4.78, 5) is 54.2. The van der Waals surface area contributed by atoms with Crippen LogP contribution in [0.15, 0.2) is 60.2 Å². The Morgan fingerprint density at radius 2 is 1.71 bits per heavy atom. The van der Waals surface area contributed by atoms with Gasteiger partial charge in [-0.15, -0.1) is 0 Å². The summed E-state index contributed by atoms with van der Waals surface area (Å²) in [5, 5.41) is 0. The minimum absolute atomic E-state index is 0.0751. The van der Waals surface area contributed by atoms with Gasteiger partial charge in [0.2, 0.25) is 17.7 Å². The number of amides is 3. The van der Waals surface area contributed by atoms with Crippen LogP contribution >= 0.6 is 0 Å². The van der Waals surface area contributed by atoms with Crippen LogP contribution in [0.5, 0.6) is 5.75 Å². The summed E-state index contributed by atoms with van der Waals surface area (Å²) in [6, 6.07) is 14.0. The number of aryl methyl sites for hydroxylation is 1. The first-order valence-electron chi connectivity index (χ1n) is 11.5. The Morgan fingerprint density at radius 3 is 2.50 bits per heavy atom. The average molecular weight is 459 g/mol. The van der Waals surface area contributed by atoms with Crippen molar-refractivity contribution in [2.24, 2.45) is 17.8 Å². The molecule has 3 amide bonds. The highest BCUT2D eigenvalue weighted by Crippen LogP contribution is 2.40. The highest BCUT2D eigenvalue weighted by molar-refractivity contribution is 6.22. The van der Waals surface area contributed by atoms with Crippen LogP contribution in [-0.2, 0) is 19.2 Å².